The molecule has 1 aromatic carbocycles. The maximum absolute atomic E-state index is 11.3. The molecule has 1 fully saturated rings. The fraction of sp³-hybridized carbons (Fsp3) is 0.450. The first-order valence-electron chi connectivity index (χ1n) is 9.53. The number of nitrogens with one attached hydrogen (secondary N) is 2. The maximum atomic E-state index is 11.3. The van der Waals surface area contributed by atoms with Crippen LogP contribution in [0.3, 0.4) is 0 Å². The fourth-order valence-corrected chi connectivity index (χ4v) is 3.36. The summed E-state index contributed by atoms with van der Waals surface area (Å²) in [5.41, 5.74) is 8.74. The SMILES string of the molecule is CCCc1cc(N2CCC(NC(C)=O)C2)nc(Nc2cccc(CN)c2)n1. The molecule has 1 amide bonds. The Morgan fingerprint density at radius 3 is 2.93 bits per heavy atom. The van der Waals surface area contributed by atoms with Gasteiger partial charge in [-0.2, -0.15) is 4.98 Å². The van der Waals surface area contributed by atoms with Crippen molar-refractivity contribution in [1.29, 1.82) is 0 Å². The summed E-state index contributed by atoms with van der Waals surface area (Å²) in [4.78, 5) is 22.9. The van der Waals surface area contributed by atoms with Crippen molar-refractivity contribution in [1.82, 2.24) is 15.3 Å². The van der Waals surface area contributed by atoms with Crippen LogP contribution in [0.4, 0.5) is 17.5 Å². The van der Waals surface area contributed by atoms with Crippen LogP contribution in [0.15, 0.2) is 30.3 Å². The van der Waals surface area contributed by atoms with Crippen molar-refractivity contribution in [3.05, 3.63) is 41.6 Å². The number of amides is 1. The average molecular weight is 368 g/mol. The smallest absolute Gasteiger partial charge is 0.229 e. The highest BCUT2D eigenvalue weighted by Crippen LogP contribution is 2.23. The van der Waals surface area contributed by atoms with Crippen molar-refractivity contribution in [3.63, 3.8) is 0 Å². The number of aryl methyl sites for hydroxylation is 1. The fourth-order valence-electron chi connectivity index (χ4n) is 3.36. The van der Waals surface area contributed by atoms with Gasteiger partial charge in [0.15, 0.2) is 0 Å². The topological polar surface area (TPSA) is 96.2 Å². The zero-order valence-electron chi connectivity index (χ0n) is 16.0. The van der Waals surface area contributed by atoms with Crippen LogP contribution in [0.5, 0.6) is 0 Å². The first-order valence-corrected chi connectivity index (χ1v) is 9.53. The lowest BCUT2D eigenvalue weighted by Gasteiger charge is -2.19. The van der Waals surface area contributed by atoms with Gasteiger partial charge in [0, 0.05) is 50.0 Å². The molecular weight excluding hydrogens is 340 g/mol. The van der Waals surface area contributed by atoms with Crippen LogP contribution in [0, 0.1) is 0 Å². The highest BCUT2D eigenvalue weighted by molar-refractivity contribution is 5.73. The Balaban J connectivity index is 1.81. The Morgan fingerprint density at radius 1 is 1.33 bits per heavy atom. The molecule has 1 aliphatic heterocycles. The lowest BCUT2D eigenvalue weighted by molar-refractivity contribution is -0.119. The van der Waals surface area contributed by atoms with Gasteiger partial charge in [0.1, 0.15) is 5.82 Å². The number of carbonyl (C=O) groups is 1. The quantitative estimate of drug-likeness (QED) is 0.694. The Labute approximate surface area is 160 Å². The highest BCUT2D eigenvalue weighted by Gasteiger charge is 2.24. The number of carbonyl (C=O) groups excluding carboxylic acids is 1. The first-order chi connectivity index (χ1) is 13.1. The minimum Gasteiger partial charge on any atom is -0.354 e. The van der Waals surface area contributed by atoms with E-state index >= 15 is 0 Å². The second kappa shape index (κ2) is 8.81. The predicted molar refractivity (Wildman–Crippen MR) is 108 cm³/mol. The highest BCUT2D eigenvalue weighted by atomic mass is 16.1. The summed E-state index contributed by atoms with van der Waals surface area (Å²) >= 11 is 0. The lowest BCUT2D eigenvalue weighted by atomic mass is 10.2. The van der Waals surface area contributed by atoms with Gasteiger partial charge in [0.05, 0.1) is 0 Å². The Morgan fingerprint density at radius 2 is 2.19 bits per heavy atom. The van der Waals surface area contributed by atoms with E-state index in [1.807, 2.05) is 24.3 Å². The maximum Gasteiger partial charge on any atom is 0.229 e. The molecule has 0 bridgehead atoms. The summed E-state index contributed by atoms with van der Waals surface area (Å²) < 4.78 is 0. The van der Waals surface area contributed by atoms with E-state index in [-0.39, 0.29) is 11.9 Å². The van der Waals surface area contributed by atoms with Gasteiger partial charge in [-0.25, -0.2) is 4.98 Å². The molecule has 7 nitrogen and oxygen atoms in total. The summed E-state index contributed by atoms with van der Waals surface area (Å²) in [6.07, 6.45) is 2.84. The monoisotopic (exact) mass is 368 g/mol. The van der Waals surface area contributed by atoms with Crippen LogP contribution in [-0.4, -0.2) is 35.0 Å². The molecular formula is C20H28N6O. The van der Waals surface area contributed by atoms with E-state index in [0.29, 0.717) is 12.5 Å². The summed E-state index contributed by atoms with van der Waals surface area (Å²) in [7, 11) is 0. The van der Waals surface area contributed by atoms with Gasteiger partial charge in [-0.3, -0.25) is 4.79 Å². The lowest BCUT2D eigenvalue weighted by Crippen LogP contribution is -2.35. The van der Waals surface area contributed by atoms with Crippen molar-refractivity contribution in [2.45, 2.75) is 45.7 Å². The molecule has 144 valence electrons. The van der Waals surface area contributed by atoms with Gasteiger partial charge in [-0.1, -0.05) is 25.5 Å². The molecule has 1 aliphatic rings. The second-order valence-corrected chi connectivity index (χ2v) is 6.95. The minimum absolute atomic E-state index is 0.0124. The second-order valence-electron chi connectivity index (χ2n) is 6.95. The molecule has 0 aliphatic carbocycles. The number of benzene rings is 1. The summed E-state index contributed by atoms with van der Waals surface area (Å²) in [5.74, 6) is 1.50. The van der Waals surface area contributed by atoms with Crippen molar-refractivity contribution in [3.8, 4) is 0 Å². The zero-order chi connectivity index (χ0) is 19.2. The summed E-state index contributed by atoms with van der Waals surface area (Å²) in [6, 6.07) is 10.2. The third-order valence-corrected chi connectivity index (χ3v) is 4.61. The Bertz CT molecular complexity index is 794. The van der Waals surface area contributed by atoms with E-state index < -0.39 is 0 Å². The molecule has 3 rings (SSSR count). The van der Waals surface area contributed by atoms with Crippen molar-refractivity contribution in [2.75, 3.05) is 23.3 Å². The zero-order valence-corrected chi connectivity index (χ0v) is 16.0. The number of anilines is 3. The van der Waals surface area contributed by atoms with Gasteiger partial charge in [-0.05, 0) is 30.5 Å². The molecule has 1 unspecified atom stereocenters. The molecule has 27 heavy (non-hydrogen) atoms. The minimum atomic E-state index is 0.0124. The normalized spacial score (nSPS) is 16.4. The third-order valence-electron chi connectivity index (χ3n) is 4.61. The summed E-state index contributed by atoms with van der Waals surface area (Å²) in [6.45, 7) is 5.84. The van der Waals surface area contributed by atoms with Gasteiger partial charge in [-0.15, -0.1) is 0 Å². The van der Waals surface area contributed by atoms with Crippen LogP contribution in [0.25, 0.3) is 0 Å². The molecule has 1 aromatic heterocycles. The predicted octanol–water partition coefficient (Wildman–Crippen LogP) is 2.35. The van der Waals surface area contributed by atoms with E-state index in [9.17, 15) is 4.79 Å². The van der Waals surface area contributed by atoms with Crippen molar-refractivity contribution >= 4 is 23.4 Å². The number of aromatic nitrogens is 2. The molecule has 7 heteroatoms. The van der Waals surface area contributed by atoms with E-state index in [2.05, 4.69) is 33.5 Å². The van der Waals surface area contributed by atoms with E-state index in [4.69, 9.17) is 10.7 Å². The largest absolute Gasteiger partial charge is 0.354 e. The standard InChI is InChI=1S/C20H28N6O/c1-3-5-16-11-19(26-9-8-18(13-26)22-14(2)27)25-20(23-16)24-17-7-4-6-15(10-17)12-21/h4,6-7,10-11,18H,3,5,8-9,12-13,21H2,1-2H3,(H,22,27)(H,23,24,25). The van der Waals surface area contributed by atoms with Crippen molar-refractivity contribution < 1.29 is 4.79 Å². The molecule has 0 radical (unpaired) electrons. The van der Waals surface area contributed by atoms with Crippen LogP contribution in [-0.2, 0) is 17.8 Å². The first kappa shape index (κ1) is 19.1. The van der Waals surface area contributed by atoms with E-state index in [1.54, 1.807) is 6.92 Å². The van der Waals surface area contributed by atoms with Gasteiger partial charge in [0.2, 0.25) is 11.9 Å². The molecule has 0 spiro atoms. The van der Waals surface area contributed by atoms with Gasteiger partial charge >= 0.3 is 0 Å². The molecule has 0 saturated carbocycles. The van der Waals surface area contributed by atoms with Crippen LogP contribution in [0.1, 0.15) is 37.9 Å². The van der Waals surface area contributed by atoms with Crippen LogP contribution in [0.2, 0.25) is 0 Å². The van der Waals surface area contributed by atoms with Gasteiger partial charge < -0.3 is 21.3 Å². The molecule has 1 saturated heterocycles. The number of nitrogens with zero attached hydrogens (tertiary/aromatic N) is 3. The average Bonchev–Trinajstić information content (AvgIpc) is 3.10. The Kier molecular flexibility index (Phi) is 6.24. The van der Waals surface area contributed by atoms with E-state index in [0.717, 1.165) is 55.1 Å². The number of nitrogens with two attached hydrogens (primary N) is 1. The summed E-state index contributed by atoms with van der Waals surface area (Å²) in [5, 5.41) is 6.31. The molecule has 4 N–H and O–H groups in total. The van der Waals surface area contributed by atoms with Crippen molar-refractivity contribution in [2.24, 2.45) is 5.73 Å². The third kappa shape index (κ3) is 5.17. The molecule has 1 atom stereocenters. The number of hydrogen-bond acceptors (Lipinski definition) is 6. The molecule has 2 aromatic rings. The van der Waals surface area contributed by atoms with Crippen LogP contribution < -0.4 is 21.3 Å². The van der Waals surface area contributed by atoms with Gasteiger partial charge in [0.25, 0.3) is 0 Å². The van der Waals surface area contributed by atoms with E-state index in [1.165, 1.54) is 0 Å². The Hall–Kier alpha value is -2.67. The number of hydrogen-bond donors (Lipinski definition) is 3. The molecule has 2 heterocycles. The number of rotatable bonds is 7. The van der Waals surface area contributed by atoms with Crippen LogP contribution >= 0.6 is 0 Å².